The van der Waals surface area contributed by atoms with Gasteiger partial charge in [0.2, 0.25) is 5.88 Å². The van der Waals surface area contributed by atoms with Gasteiger partial charge in [-0.15, -0.1) is 5.11 Å². The Morgan fingerprint density at radius 1 is 1.36 bits per heavy atom. The zero-order valence-corrected chi connectivity index (χ0v) is 13.0. The molecule has 0 saturated heterocycles. The van der Waals surface area contributed by atoms with Crippen LogP contribution in [0.15, 0.2) is 28.4 Å². The van der Waals surface area contributed by atoms with E-state index in [4.69, 9.17) is 9.47 Å². The van der Waals surface area contributed by atoms with Gasteiger partial charge in [-0.05, 0) is 45.9 Å². The molecule has 118 valence electrons. The molecule has 2 N–H and O–H groups in total. The minimum absolute atomic E-state index is 0.169. The predicted molar refractivity (Wildman–Crippen MR) is 81.9 cm³/mol. The van der Waals surface area contributed by atoms with Crippen LogP contribution in [0.2, 0.25) is 0 Å². The number of rotatable bonds is 3. The number of aromatic amines is 1. The van der Waals surface area contributed by atoms with Crippen LogP contribution < -0.4 is 4.74 Å². The summed E-state index contributed by atoms with van der Waals surface area (Å²) in [4.78, 5) is 14.3. The maximum atomic E-state index is 11.6. The number of H-pyrrole nitrogens is 1. The largest absolute Gasteiger partial charge is 0.494 e. The second kappa shape index (κ2) is 6.05. The van der Waals surface area contributed by atoms with Crippen LogP contribution in [0.3, 0.4) is 0 Å². The van der Waals surface area contributed by atoms with E-state index in [0.29, 0.717) is 23.3 Å². The molecular weight excluding hydrogens is 286 g/mol. The summed E-state index contributed by atoms with van der Waals surface area (Å²) in [6.45, 7) is 7.60. The van der Waals surface area contributed by atoms with Gasteiger partial charge in [0.15, 0.2) is 5.69 Å². The van der Waals surface area contributed by atoms with Gasteiger partial charge in [-0.2, -0.15) is 0 Å². The normalized spacial score (nSPS) is 12.0. The van der Waals surface area contributed by atoms with E-state index in [2.05, 4.69) is 15.2 Å². The van der Waals surface area contributed by atoms with Crippen LogP contribution in [0.25, 0.3) is 10.9 Å². The number of nitrogens with zero attached hydrogens (tertiary/aromatic N) is 2. The molecule has 0 aliphatic rings. The summed E-state index contributed by atoms with van der Waals surface area (Å²) in [5, 5.41) is 17.8. The Kier molecular flexibility index (Phi) is 4.35. The number of ether oxygens (including phenoxy) is 2. The number of hydrogen-bond donors (Lipinski definition) is 2. The van der Waals surface area contributed by atoms with Crippen molar-refractivity contribution < 1.29 is 19.4 Å². The van der Waals surface area contributed by atoms with E-state index >= 15 is 0 Å². The summed E-state index contributed by atoms with van der Waals surface area (Å²) in [7, 11) is 0. The van der Waals surface area contributed by atoms with E-state index in [0.717, 1.165) is 0 Å². The Hall–Kier alpha value is -2.57. The van der Waals surface area contributed by atoms with E-state index in [9.17, 15) is 9.90 Å². The van der Waals surface area contributed by atoms with Gasteiger partial charge in [0.1, 0.15) is 11.4 Å². The maximum absolute atomic E-state index is 11.6. The van der Waals surface area contributed by atoms with Gasteiger partial charge < -0.3 is 19.6 Å². The van der Waals surface area contributed by atoms with Crippen molar-refractivity contribution in [2.75, 3.05) is 6.61 Å². The highest BCUT2D eigenvalue weighted by Crippen LogP contribution is 2.37. The molecule has 1 aromatic heterocycles. The Labute approximate surface area is 128 Å². The minimum atomic E-state index is -0.817. The lowest BCUT2D eigenvalue weighted by Gasteiger charge is -2.16. The molecule has 0 atom stereocenters. The number of benzene rings is 1. The molecule has 1 heterocycles. The number of azo groups is 1. The molecule has 0 radical (unpaired) electrons. The van der Waals surface area contributed by atoms with Gasteiger partial charge in [-0.3, -0.25) is 0 Å². The Bertz CT molecular complexity index is 713. The van der Waals surface area contributed by atoms with Crippen molar-refractivity contribution in [3.63, 3.8) is 0 Å². The van der Waals surface area contributed by atoms with Crippen molar-refractivity contribution in [3.05, 3.63) is 18.2 Å². The van der Waals surface area contributed by atoms with Crippen LogP contribution in [-0.4, -0.2) is 28.4 Å². The summed E-state index contributed by atoms with van der Waals surface area (Å²) < 4.78 is 10.4. The van der Waals surface area contributed by atoms with Crippen molar-refractivity contribution in [3.8, 4) is 11.6 Å². The molecule has 22 heavy (non-hydrogen) atoms. The molecule has 0 unspecified atom stereocenters. The second-order valence-electron chi connectivity index (χ2n) is 5.64. The van der Waals surface area contributed by atoms with Gasteiger partial charge in [-0.1, -0.05) is 5.11 Å². The third kappa shape index (κ3) is 3.75. The van der Waals surface area contributed by atoms with Crippen LogP contribution in [0, 0.1) is 0 Å². The number of hydrogen-bond acceptors (Lipinski definition) is 5. The number of carbonyl (C=O) groups is 1. The number of carbonyl (C=O) groups excluding carboxylic acids is 1. The van der Waals surface area contributed by atoms with Crippen molar-refractivity contribution >= 4 is 22.7 Å². The van der Waals surface area contributed by atoms with Crippen molar-refractivity contribution in [2.24, 2.45) is 10.2 Å². The summed E-state index contributed by atoms with van der Waals surface area (Å²) in [6, 6.07) is 5.25. The highest BCUT2D eigenvalue weighted by atomic mass is 16.6. The molecule has 0 aliphatic heterocycles. The molecule has 0 bridgehead atoms. The predicted octanol–water partition coefficient (Wildman–Crippen LogP) is 4.29. The van der Waals surface area contributed by atoms with Crippen molar-refractivity contribution in [1.82, 2.24) is 4.98 Å². The van der Waals surface area contributed by atoms with Gasteiger partial charge >= 0.3 is 6.09 Å². The van der Waals surface area contributed by atoms with Crippen molar-refractivity contribution in [2.45, 2.75) is 33.3 Å². The number of aromatic hydroxyl groups is 1. The zero-order valence-electron chi connectivity index (χ0n) is 13.0. The van der Waals surface area contributed by atoms with E-state index in [1.165, 1.54) is 0 Å². The summed E-state index contributed by atoms with van der Waals surface area (Å²) in [5.74, 6) is 0.471. The first-order chi connectivity index (χ1) is 10.3. The molecule has 7 nitrogen and oxygen atoms in total. The lowest BCUT2D eigenvalue weighted by Crippen LogP contribution is -2.21. The number of aromatic nitrogens is 1. The van der Waals surface area contributed by atoms with E-state index in [1.54, 1.807) is 39.0 Å². The van der Waals surface area contributed by atoms with Crippen LogP contribution in [0.5, 0.6) is 11.6 Å². The Balaban J connectivity index is 2.32. The highest BCUT2D eigenvalue weighted by molar-refractivity contribution is 5.95. The standard InChI is InChI=1S/C15H19N3O4/c1-5-21-9-6-7-11-10(8-9)12(13(19)16-11)17-18-14(20)22-15(2,3)4/h6-8,16,19H,5H2,1-4H3. The highest BCUT2D eigenvalue weighted by Gasteiger charge is 2.17. The third-order valence-electron chi connectivity index (χ3n) is 2.66. The molecule has 2 rings (SSSR count). The van der Waals surface area contributed by atoms with E-state index in [-0.39, 0.29) is 11.6 Å². The number of amides is 1. The molecule has 0 spiro atoms. The lowest BCUT2D eigenvalue weighted by molar-refractivity contribution is 0.0592. The molecule has 2 aromatic rings. The summed E-state index contributed by atoms with van der Waals surface area (Å²) in [5.41, 5.74) is 0.182. The maximum Gasteiger partial charge on any atom is 0.452 e. The smallest absolute Gasteiger partial charge is 0.452 e. The molecule has 1 amide bonds. The van der Waals surface area contributed by atoms with E-state index < -0.39 is 11.7 Å². The van der Waals surface area contributed by atoms with Crippen LogP contribution in [-0.2, 0) is 4.74 Å². The first kappa shape index (κ1) is 15.8. The Morgan fingerprint density at radius 2 is 2.09 bits per heavy atom. The summed E-state index contributed by atoms with van der Waals surface area (Å²) in [6.07, 6.45) is -0.817. The zero-order chi connectivity index (χ0) is 16.3. The van der Waals surface area contributed by atoms with Crippen LogP contribution in [0.1, 0.15) is 27.7 Å². The van der Waals surface area contributed by atoms with Crippen LogP contribution in [0.4, 0.5) is 10.5 Å². The topological polar surface area (TPSA) is 96.3 Å². The molecule has 7 heteroatoms. The lowest BCUT2D eigenvalue weighted by atomic mass is 10.2. The Morgan fingerprint density at radius 3 is 2.73 bits per heavy atom. The van der Waals surface area contributed by atoms with Crippen LogP contribution >= 0.6 is 0 Å². The first-order valence-electron chi connectivity index (χ1n) is 6.92. The molecule has 0 fully saturated rings. The number of nitrogens with one attached hydrogen (secondary N) is 1. The van der Waals surface area contributed by atoms with Crippen molar-refractivity contribution in [1.29, 1.82) is 0 Å². The SMILES string of the molecule is CCOc1ccc2[nH]c(O)c(N=NC(=O)OC(C)(C)C)c2c1. The van der Waals surface area contributed by atoms with Gasteiger partial charge in [0.25, 0.3) is 0 Å². The van der Waals surface area contributed by atoms with Gasteiger partial charge in [0, 0.05) is 5.39 Å². The first-order valence-corrected chi connectivity index (χ1v) is 6.92. The third-order valence-corrected chi connectivity index (χ3v) is 2.66. The average molecular weight is 305 g/mol. The fourth-order valence-electron chi connectivity index (χ4n) is 1.87. The van der Waals surface area contributed by atoms with Gasteiger partial charge in [0.05, 0.1) is 12.1 Å². The molecule has 0 aliphatic carbocycles. The monoisotopic (exact) mass is 305 g/mol. The molecule has 0 saturated carbocycles. The molecular formula is C15H19N3O4. The fraction of sp³-hybridized carbons (Fsp3) is 0.400. The number of fused-ring (bicyclic) bond motifs is 1. The minimum Gasteiger partial charge on any atom is -0.494 e. The summed E-state index contributed by atoms with van der Waals surface area (Å²) >= 11 is 0. The molecule has 1 aromatic carbocycles. The second-order valence-corrected chi connectivity index (χ2v) is 5.64. The fourth-order valence-corrected chi connectivity index (χ4v) is 1.87. The van der Waals surface area contributed by atoms with Gasteiger partial charge in [-0.25, -0.2) is 4.79 Å². The average Bonchev–Trinajstić information content (AvgIpc) is 2.70. The quantitative estimate of drug-likeness (QED) is 0.826. The van der Waals surface area contributed by atoms with E-state index in [1.807, 2.05) is 6.92 Å².